The fraction of sp³-hybridized carbons (Fsp3) is 0.200. The maximum atomic E-state index is 13.1. The van der Waals surface area contributed by atoms with Crippen LogP contribution in [0.5, 0.6) is 11.5 Å². The summed E-state index contributed by atoms with van der Waals surface area (Å²) in [6, 6.07) is 25.9. The van der Waals surface area contributed by atoms with E-state index in [0.29, 0.717) is 24.6 Å². The van der Waals surface area contributed by atoms with Crippen molar-refractivity contribution in [3.63, 3.8) is 0 Å². The molecule has 3 aromatic carbocycles. The fourth-order valence-electron chi connectivity index (χ4n) is 4.52. The zero-order valence-corrected chi connectivity index (χ0v) is 21.1. The first-order chi connectivity index (χ1) is 18.2. The van der Waals surface area contributed by atoms with E-state index in [2.05, 4.69) is 17.0 Å². The Morgan fingerprint density at radius 2 is 1.46 bits per heavy atom. The van der Waals surface area contributed by atoms with Crippen LogP contribution in [0.15, 0.2) is 91.1 Å². The van der Waals surface area contributed by atoms with Crippen LogP contribution in [0.4, 0.5) is 5.69 Å². The molecular formula is C30H30N4O3. The lowest BCUT2D eigenvalue weighted by molar-refractivity contribution is -0.126. The largest absolute Gasteiger partial charge is 0.493 e. The van der Waals surface area contributed by atoms with Crippen molar-refractivity contribution in [1.29, 1.82) is 0 Å². The van der Waals surface area contributed by atoms with E-state index < -0.39 is 0 Å². The van der Waals surface area contributed by atoms with Crippen LogP contribution < -0.4 is 14.4 Å². The second-order valence-corrected chi connectivity index (χ2v) is 8.76. The number of anilines is 1. The second-order valence-electron chi connectivity index (χ2n) is 8.76. The highest BCUT2D eigenvalue weighted by atomic mass is 16.5. The monoisotopic (exact) mass is 494 g/mol. The van der Waals surface area contributed by atoms with E-state index in [9.17, 15) is 4.79 Å². The smallest absolute Gasteiger partial charge is 0.246 e. The van der Waals surface area contributed by atoms with Crippen molar-refractivity contribution in [1.82, 2.24) is 14.7 Å². The minimum Gasteiger partial charge on any atom is -0.493 e. The first-order valence-corrected chi connectivity index (χ1v) is 12.3. The molecule has 0 aliphatic carbocycles. The van der Waals surface area contributed by atoms with Crippen molar-refractivity contribution in [2.45, 2.75) is 0 Å². The van der Waals surface area contributed by atoms with Gasteiger partial charge in [0.2, 0.25) is 5.91 Å². The molecule has 1 saturated heterocycles. The molecule has 1 aliphatic rings. The Morgan fingerprint density at radius 3 is 2.11 bits per heavy atom. The van der Waals surface area contributed by atoms with Crippen molar-refractivity contribution in [2.24, 2.45) is 0 Å². The van der Waals surface area contributed by atoms with Gasteiger partial charge in [0.1, 0.15) is 5.69 Å². The molecule has 0 atom stereocenters. The van der Waals surface area contributed by atoms with Crippen LogP contribution in [0.1, 0.15) is 5.56 Å². The summed E-state index contributed by atoms with van der Waals surface area (Å²) in [5.41, 5.74) is 4.59. The lowest BCUT2D eigenvalue weighted by Crippen LogP contribution is -2.48. The topological polar surface area (TPSA) is 59.8 Å². The normalized spacial score (nSPS) is 13.7. The average Bonchev–Trinajstić information content (AvgIpc) is 3.41. The number of para-hydroxylation sites is 2. The third-order valence-electron chi connectivity index (χ3n) is 6.54. The number of nitrogens with zero attached hydrogens (tertiary/aromatic N) is 4. The molecule has 0 spiro atoms. The molecule has 4 aromatic rings. The van der Waals surface area contributed by atoms with Crippen molar-refractivity contribution in [3.8, 4) is 28.4 Å². The SMILES string of the molecule is COc1ccc(-c2nn(-c3ccccc3)cc2C=CC(=O)N2CCN(c3ccccc3)CC2)cc1OC. The van der Waals surface area contributed by atoms with Gasteiger partial charge in [-0.05, 0) is 48.5 Å². The van der Waals surface area contributed by atoms with Crippen molar-refractivity contribution in [2.75, 3.05) is 45.3 Å². The predicted octanol–water partition coefficient (Wildman–Crippen LogP) is 4.92. The fourth-order valence-corrected chi connectivity index (χ4v) is 4.52. The number of carbonyl (C=O) groups excluding carboxylic acids is 1. The van der Waals surface area contributed by atoms with E-state index >= 15 is 0 Å². The number of rotatable bonds is 7. The molecule has 1 fully saturated rings. The Labute approximate surface area is 217 Å². The first kappa shape index (κ1) is 24.2. The van der Waals surface area contributed by atoms with Crippen LogP contribution in [-0.2, 0) is 4.79 Å². The van der Waals surface area contributed by atoms with Gasteiger partial charge in [0, 0.05) is 55.3 Å². The summed E-state index contributed by atoms with van der Waals surface area (Å²) in [4.78, 5) is 17.3. The van der Waals surface area contributed by atoms with Gasteiger partial charge in [-0.1, -0.05) is 36.4 Å². The van der Waals surface area contributed by atoms with Crippen molar-refractivity contribution < 1.29 is 14.3 Å². The molecule has 1 amide bonds. The molecule has 1 aromatic heterocycles. The Kier molecular flexibility index (Phi) is 7.21. The molecule has 188 valence electrons. The summed E-state index contributed by atoms with van der Waals surface area (Å²) in [7, 11) is 3.22. The molecular weight excluding hydrogens is 464 g/mol. The lowest BCUT2D eigenvalue weighted by atomic mass is 10.1. The number of aromatic nitrogens is 2. The van der Waals surface area contributed by atoms with Gasteiger partial charge >= 0.3 is 0 Å². The highest BCUT2D eigenvalue weighted by Crippen LogP contribution is 2.34. The van der Waals surface area contributed by atoms with Gasteiger partial charge in [0.15, 0.2) is 11.5 Å². The molecule has 5 rings (SSSR count). The van der Waals surface area contributed by atoms with Crippen LogP contribution in [0.25, 0.3) is 23.0 Å². The van der Waals surface area contributed by atoms with Gasteiger partial charge in [-0.25, -0.2) is 4.68 Å². The quantitative estimate of drug-likeness (QED) is 0.342. The van der Waals surface area contributed by atoms with Gasteiger partial charge in [0.25, 0.3) is 0 Å². The molecule has 37 heavy (non-hydrogen) atoms. The summed E-state index contributed by atoms with van der Waals surface area (Å²) in [5.74, 6) is 1.27. The van der Waals surface area contributed by atoms with Gasteiger partial charge in [-0.15, -0.1) is 0 Å². The van der Waals surface area contributed by atoms with E-state index in [1.807, 2.05) is 88.6 Å². The van der Waals surface area contributed by atoms with Crippen LogP contribution >= 0.6 is 0 Å². The van der Waals surface area contributed by atoms with Crippen molar-refractivity contribution in [3.05, 3.63) is 96.7 Å². The maximum absolute atomic E-state index is 13.1. The average molecular weight is 495 g/mol. The van der Waals surface area contributed by atoms with E-state index in [1.54, 1.807) is 20.3 Å². The molecule has 1 aliphatic heterocycles. The van der Waals surface area contributed by atoms with Crippen LogP contribution in [0.3, 0.4) is 0 Å². The molecule has 7 heteroatoms. The Balaban J connectivity index is 1.38. The standard InChI is InChI=1S/C30H30N4O3/c1-36-27-15-13-23(21-28(27)37-2)30-24(22-34(31-30)26-11-7-4-8-12-26)14-16-29(35)33-19-17-32(18-20-33)25-9-5-3-6-10-25/h3-16,21-22H,17-20H2,1-2H3. The van der Waals surface area contributed by atoms with E-state index in [0.717, 1.165) is 35.6 Å². The van der Waals surface area contributed by atoms with Crippen LogP contribution in [0.2, 0.25) is 0 Å². The second kappa shape index (κ2) is 11.0. The summed E-state index contributed by atoms with van der Waals surface area (Å²) < 4.78 is 12.7. The lowest BCUT2D eigenvalue weighted by Gasteiger charge is -2.35. The highest BCUT2D eigenvalue weighted by molar-refractivity contribution is 5.93. The maximum Gasteiger partial charge on any atom is 0.246 e. The Hall–Kier alpha value is -4.52. The molecule has 0 bridgehead atoms. The molecule has 2 heterocycles. The molecule has 0 N–H and O–H groups in total. The zero-order chi connectivity index (χ0) is 25.6. The Morgan fingerprint density at radius 1 is 0.811 bits per heavy atom. The number of methoxy groups -OCH3 is 2. The first-order valence-electron chi connectivity index (χ1n) is 12.3. The molecule has 0 saturated carbocycles. The number of amides is 1. The molecule has 0 radical (unpaired) electrons. The summed E-state index contributed by atoms with van der Waals surface area (Å²) >= 11 is 0. The molecule has 7 nitrogen and oxygen atoms in total. The summed E-state index contributed by atoms with van der Waals surface area (Å²) in [6.07, 6.45) is 5.44. The highest BCUT2D eigenvalue weighted by Gasteiger charge is 2.20. The van der Waals surface area contributed by atoms with Gasteiger partial charge in [-0.3, -0.25) is 4.79 Å². The van der Waals surface area contributed by atoms with Gasteiger partial charge in [0.05, 0.1) is 19.9 Å². The van der Waals surface area contributed by atoms with Crippen molar-refractivity contribution >= 4 is 17.7 Å². The third kappa shape index (κ3) is 5.35. The summed E-state index contributed by atoms with van der Waals surface area (Å²) in [5, 5.41) is 4.85. The van der Waals surface area contributed by atoms with Gasteiger partial charge < -0.3 is 19.3 Å². The van der Waals surface area contributed by atoms with Crippen LogP contribution in [-0.4, -0.2) is 61.0 Å². The Bertz CT molecular complexity index is 1370. The van der Waals surface area contributed by atoms with E-state index in [4.69, 9.17) is 14.6 Å². The number of ether oxygens (including phenoxy) is 2. The number of hydrogen-bond acceptors (Lipinski definition) is 5. The number of hydrogen-bond donors (Lipinski definition) is 0. The number of piperazine rings is 1. The molecule has 0 unspecified atom stereocenters. The minimum absolute atomic E-state index is 0.00145. The third-order valence-corrected chi connectivity index (χ3v) is 6.54. The summed E-state index contributed by atoms with van der Waals surface area (Å²) in [6.45, 7) is 2.99. The number of benzene rings is 3. The number of carbonyl (C=O) groups is 1. The predicted molar refractivity (Wildman–Crippen MR) is 146 cm³/mol. The van der Waals surface area contributed by atoms with Gasteiger partial charge in [-0.2, -0.15) is 5.10 Å². The minimum atomic E-state index is -0.00145. The van der Waals surface area contributed by atoms with E-state index in [1.165, 1.54) is 5.69 Å². The zero-order valence-electron chi connectivity index (χ0n) is 21.1. The van der Waals surface area contributed by atoms with Crippen LogP contribution in [0, 0.1) is 0 Å². The van der Waals surface area contributed by atoms with E-state index in [-0.39, 0.29) is 5.91 Å².